The average molecular weight is 357 g/mol. The number of hydrogen-bond acceptors (Lipinski definition) is 2. The Hall–Kier alpha value is -3.34. The average Bonchev–Trinajstić information content (AvgIpc) is 3.37. The Bertz CT molecular complexity index is 1220. The second-order valence-corrected chi connectivity index (χ2v) is 6.97. The van der Waals surface area contributed by atoms with Crippen LogP contribution in [0.4, 0.5) is 0 Å². The molecule has 27 heavy (non-hydrogen) atoms. The second-order valence-electron chi connectivity index (χ2n) is 6.97. The van der Waals surface area contributed by atoms with Gasteiger partial charge in [0, 0.05) is 41.3 Å². The monoisotopic (exact) mass is 357 g/mol. The van der Waals surface area contributed by atoms with Gasteiger partial charge in [-0.3, -0.25) is 14.2 Å². The number of carbonyl (C=O) groups excluding carboxylic acids is 1. The molecule has 0 atom stereocenters. The van der Waals surface area contributed by atoms with Crippen molar-refractivity contribution in [3.05, 3.63) is 76.7 Å². The molecule has 5 heteroatoms. The fourth-order valence-electron chi connectivity index (χ4n) is 3.99. The van der Waals surface area contributed by atoms with Crippen LogP contribution in [0, 0.1) is 0 Å². The normalized spacial score (nSPS) is 14.3. The quantitative estimate of drug-likeness (QED) is 0.595. The highest BCUT2D eigenvalue weighted by Crippen LogP contribution is 2.28. The lowest BCUT2D eigenvalue weighted by atomic mass is 10.1. The largest absolute Gasteiger partial charge is 0.350 e. The van der Waals surface area contributed by atoms with Crippen LogP contribution in [0.2, 0.25) is 0 Å². The number of nitrogens with one attached hydrogen (secondary N) is 1. The molecule has 2 aromatic heterocycles. The highest BCUT2D eigenvalue weighted by atomic mass is 16.2. The highest BCUT2D eigenvalue weighted by Gasteiger charge is 2.25. The van der Waals surface area contributed by atoms with Crippen LogP contribution < -0.4 is 5.56 Å². The van der Waals surface area contributed by atoms with Gasteiger partial charge in [0.05, 0.1) is 5.56 Å². The fraction of sp³-hybridized carbons (Fsp3) is 0.182. The van der Waals surface area contributed by atoms with Crippen LogP contribution in [0.3, 0.4) is 0 Å². The van der Waals surface area contributed by atoms with Crippen LogP contribution in [0.25, 0.3) is 27.5 Å². The Morgan fingerprint density at radius 2 is 1.63 bits per heavy atom. The zero-order chi connectivity index (χ0) is 18.4. The van der Waals surface area contributed by atoms with E-state index in [9.17, 15) is 9.59 Å². The van der Waals surface area contributed by atoms with Crippen LogP contribution in [0.1, 0.15) is 23.2 Å². The smallest absolute Gasteiger partial charge is 0.279 e. The lowest BCUT2D eigenvalue weighted by Crippen LogP contribution is -2.30. The summed E-state index contributed by atoms with van der Waals surface area (Å²) < 4.78 is 1.57. The number of amides is 1. The van der Waals surface area contributed by atoms with E-state index in [1.165, 1.54) is 0 Å². The van der Waals surface area contributed by atoms with Crippen molar-refractivity contribution in [2.24, 2.45) is 0 Å². The summed E-state index contributed by atoms with van der Waals surface area (Å²) in [6.45, 7) is 1.54. The van der Waals surface area contributed by atoms with Crippen LogP contribution >= 0.6 is 0 Å². The molecule has 0 radical (unpaired) electrons. The summed E-state index contributed by atoms with van der Waals surface area (Å²) in [6.07, 6.45) is 3.77. The molecule has 4 aromatic rings. The van der Waals surface area contributed by atoms with Gasteiger partial charge in [0.25, 0.3) is 11.5 Å². The summed E-state index contributed by atoms with van der Waals surface area (Å²) in [6, 6.07) is 17.2. The van der Waals surface area contributed by atoms with Gasteiger partial charge >= 0.3 is 0 Å². The first-order valence-corrected chi connectivity index (χ1v) is 9.25. The minimum atomic E-state index is -0.148. The summed E-state index contributed by atoms with van der Waals surface area (Å²) in [5.41, 5.74) is 2.52. The molecule has 0 saturated carbocycles. The van der Waals surface area contributed by atoms with Crippen molar-refractivity contribution >= 4 is 27.7 Å². The van der Waals surface area contributed by atoms with Crippen molar-refractivity contribution in [1.29, 1.82) is 0 Å². The van der Waals surface area contributed by atoms with E-state index in [2.05, 4.69) is 4.98 Å². The first kappa shape index (κ1) is 15.9. The molecule has 5 rings (SSSR count). The van der Waals surface area contributed by atoms with Crippen molar-refractivity contribution < 1.29 is 4.79 Å². The molecule has 0 unspecified atom stereocenters. The van der Waals surface area contributed by atoms with Crippen LogP contribution in [0.15, 0.2) is 65.6 Å². The zero-order valence-corrected chi connectivity index (χ0v) is 14.8. The predicted octanol–water partition coefficient (Wildman–Crippen LogP) is 3.71. The van der Waals surface area contributed by atoms with Crippen LogP contribution in [-0.2, 0) is 0 Å². The molecular formula is C22H19N3O2. The maximum absolute atomic E-state index is 13.3. The number of likely N-dealkylation sites (tertiary alicyclic amines) is 1. The molecule has 1 aliphatic rings. The van der Waals surface area contributed by atoms with Crippen LogP contribution in [-0.4, -0.2) is 33.4 Å². The third-order valence-corrected chi connectivity index (χ3v) is 5.32. The Labute approximate surface area is 155 Å². The molecule has 1 fully saturated rings. The summed E-state index contributed by atoms with van der Waals surface area (Å²) in [7, 11) is 0. The number of H-pyrrole nitrogens is 1. The number of aromatic amines is 1. The molecular weight excluding hydrogens is 338 g/mol. The van der Waals surface area contributed by atoms with Crippen molar-refractivity contribution in [2.75, 3.05) is 13.1 Å². The van der Waals surface area contributed by atoms with Gasteiger partial charge in [-0.05, 0) is 31.0 Å². The molecule has 1 N–H and O–H groups in total. The summed E-state index contributed by atoms with van der Waals surface area (Å²) in [5.74, 6) is -0.00747. The van der Waals surface area contributed by atoms with Gasteiger partial charge in [-0.15, -0.1) is 0 Å². The number of aromatic nitrogens is 2. The van der Waals surface area contributed by atoms with E-state index in [-0.39, 0.29) is 11.5 Å². The third-order valence-electron chi connectivity index (χ3n) is 5.32. The molecule has 1 saturated heterocycles. The van der Waals surface area contributed by atoms with Crippen molar-refractivity contribution in [3.8, 4) is 5.69 Å². The fourth-order valence-corrected chi connectivity index (χ4v) is 3.99. The lowest BCUT2D eigenvalue weighted by molar-refractivity contribution is 0.0794. The molecule has 5 nitrogen and oxygen atoms in total. The van der Waals surface area contributed by atoms with E-state index in [1.54, 1.807) is 10.8 Å². The summed E-state index contributed by atoms with van der Waals surface area (Å²) in [5, 5.41) is 1.63. The van der Waals surface area contributed by atoms with Crippen LogP contribution in [0.5, 0.6) is 0 Å². The summed E-state index contributed by atoms with van der Waals surface area (Å²) in [4.78, 5) is 31.6. The molecule has 0 aliphatic carbocycles. The first-order valence-electron chi connectivity index (χ1n) is 9.25. The number of pyridine rings is 1. The van der Waals surface area contributed by atoms with E-state index in [4.69, 9.17) is 0 Å². The molecule has 1 amide bonds. The van der Waals surface area contributed by atoms with E-state index >= 15 is 0 Å². The molecule has 0 bridgehead atoms. The van der Waals surface area contributed by atoms with E-state index < -0.39 is 0 Å². The van der Waals surface area contributed by atoms with Gasteiger partial charge in [-0.2, -0.15) is 0 Å². The Morgan fingerprint density at radius 3 is 2.41 bits per heavy atom. The number of hydrogen-bond donors (Lipinski definition) is 1. The maximum atomic E-state index is 13.3. The van der Waals surface area contributed by atoms with Gasteiger partial charge in [-0.25, -0.2) is 0 Å². The number of para-hydroxylation sites is 2. The van der Waals surface area contributed by atoms with E-state index in [1.807, 2.05) is 59.5 Å². The van der Waals surface area contributed by atoms with Gasteiger partial charge < -0.3 is 9.88 Å². The third kappa shape index (κ3) is 2.46. The molecule has 0 spiro atoms. The standard InChI is InChI=1S/C22H19N3O2/c26-21(24-12-6-7-13-24)17-14-25(15-8-2-1-3-9-15)22(27)20-19(17)16-10-4-5-11-18(16)23-20/h1-5,8-11,14,23H,6-7,12-13H2. The van der Waals surface area contributed by atoms with E-state index in [0.717, 1.165) is 47.9 Å². The maximum Gasteiger partial charge on any atom is 0.279 e. The highest BCUT2D eigenvalue weighted by molar-refractivity contribution is 6.17. The van der Waals surface area contributed by atoms with Crippen molar-refractivity contribution in [1.82, 2.24) is 14.5 Å². The minimum absolute atomic E-state index is 0.00747. The van der Waals surface area contributed by atoms with Gasteiger partial charge in [0.2, 0.25) is 0 Å². The molecule has 1 aliphatic heterocycles. The number of fused-ring (bicyclic) bond motifs is 3. The Morgan fingerprint density at radius 1 is 0.926 bits per heavy atom. The van der Waals surface area contributed by atoms with Gasteiger partial charge in [0.15, 0.2) is 0 Å². The SMILES string of the molecule is O=C(c1cn(-c2ccccc2)c(=O)c2[nH]c3ccccc3c12)N1CCCC1. The number of nitrogens with zero attached hydrogens (tertiary/aromatic N) is 2. The number of carbonyl (C=O) groups is 1. The predicted molar refractivity (Wildman–Crippen MR) is 107 cm³/mol. The first-order chi connectivity index (χ1) is 13.2. The lowest BCUT2D eigenvalue weighted by Gasteiger charge is -2.17. The number of rotatable bonds is 2. The van der Waals surface area contributed by atoms with Gasteiger partial charge in [0.1, 0.15) is 5.52 Å². The van der Waals surface area contributed by atoms with E-state index in [0.29, 0.717) is 11.1 Å². The van der Waals surface area contributed by atoms with Gasteiger partial charge in [-0.1, -0.05) is 36.4 Å². The number of benzene rings is 2. The second kappa shape index (κ2) is 6.13. The Kier molecular flexibility index (Phi) is 3.60. The Balaban J connectivity index is 1.86. The van der Waals surface area contributed by atoms with Crippen molar-refractivity contribution in [3.63, 3.8) is 0 Å². The summed E-state index contributed by atoms with van der Waals surface area (Å²) >= 11 is 0. The molecule has 3 heterocycles. The molecule has 2 aromatic carbocycles. The zero-order valence-electron chi connectivity index (χ0n) is 14.8. The van der Waals surface area contributed by atoms with Crippen molar-refractivity contribution in [2.45, 2.75) is 12.8 Å². The topological polar surface area (TPSA) is 58.1 Å². The minimum Gasteiger partial charge on any atom is -0.350 e. The molecule has 134 valence electrons.